The molecule has 8 nitrogen and oxygen atoms in total. The SMILES string of the molecule is COC(CNC(=O)OCC1c2ccccc2-c2ccccc21)C(=O)N1CC2CCCC2C1C(=O)O. The van der Waals surface area contributed by atoms with Crippen LogP contribution in [0, 0.1) is 11.8 Å². The second kappa shape index (κ2) is 9.70. The van der Waals surface area contributed by atoms with Crippen LogP contribution in [0.3, 0.4) is 0 Å². The standard InChI is InChI=1S/C27H30N2O6/c1-34-23(25(30)29-14-16-7-6-12-17(16)24(29)26(31)32)13-28-27(33)35-15-22-20-10-4-2-8-18(20)19-9-3-5-11-21(19)22/h2-5,8-11,16-17,22-24H,6-7,12-15H2,1H3,(H,28,33)(H,31,32). The lowest BCUT2D eigenvalue weighted by atomic mass is 9.94. The molecule has 0 spiro atoms. The topological polar surface area (TPSA) is 105 Å². The molecule has 0 radical (unpaired) electrons. The van der Waals surface area contributed by atoms with Crippen LogP contribution in [-0.4, -0.2) is 66.9 Å². The highest BCUT2D eigenvalue weighted by molar-refractivity contribution is 5.88. The number of benzene rings is 2. The van der Waals surface area contributed by atoms with Crippen molar-refractivity contribution in [3.8, 4) is 11.1 Å². The molecule has 2 aliphatic carbocycles. The monoisotopic (exact) mass is 478 g/mol. The number of ether oxygens (including phenoxy) is 2. The van der Waals surface area contributed by atoms with Crippen LogP contribution in [0.5, 0.6) is 0 Å². The first-order chi connectivity index (χ1) is 17.0. The van der Waals surface area contributed by atoms with Gasteiger partial charge in [0.05, 0.1) is 6.54 Å². The van der Waals surface area contributed by atoms with E-state index in [0.29, 0.717) is 6.54 Å². The lowest BCUT2D eigenvalue weighted by Crippen LogP contribution is -2.51. The molecule has 2 N–H and O–H groups in total. The van der Waals surface area contributed by atoms with Crippen molar-refractivity contribution in [2.45, 2.75) is 37.3 Å². The van der Waals surface area contributed by atoms with E-state index in [4.69, 9.17) is 9.47 Å². The number of carbonyl (C=O) groups is 3. The summed E-state index contributed by atoms with van der Waals surface area (Å²) in [5.41, 5.74) is 4.52. The number of nitrogens with zero attached hydrogens (tertiary/aromatic N) is 1. The van der Waals surface area contributed by atoms with Crippen molar-refractivity contribution in [3.05, 3.63) is 59.7 Å². The molecule has 1 saturated heterocycles. The summed E-state index contributed by atoms with van der Waals surface area (Å²) in [5.74, 6) is -1.25. The van der Waals surface area contributed by atoms with E-state index < -0.39 is 30.1 Å². The van der Waals surface area contributed by atoms with Crippen molar-refractivity contribution in [2.24, 2.45) is 11.8 Å². The fourth-order valence-electron chi connectivity index (χ4n) is 6.13. The molecule has 5 rings (SSSR count). The van der Waals surface area contributed by atoms with E-state index in [1.165, 1.54) is 12.0 Å². The minimum atomic E-state index is -0.980. The average Bonchev–Trinajstić information content (AvgIpc) is 3.54. The number of carboxylic acid groups (broad SMARTS) is 1. The predicted molar refractivity (Wildman–Crippen MR) is 128 cm³/mol. The van der Waals surface area contributed by atoms with Crippen molar-refractivity contribution in [1.82, 2.24) is 10.2 Å². The summed E-state index contributed by atoms with van der Waals surface area (Å²) in [6.07, 6.45) is 1.14. The number of hydrogen-bond donors (Lipinski definition) is 2. The number of fused-ring (bicyclic) bond motifs is 4. The number of amides is 2. The third kappa shape index (κ3) is 4.27. The molecule has 8 heteroatoms. The van der Waals surface area contributed by atoms with Crippen molar-refractivity contribution >= 4 is 18.0 Å². The number of methoxy groups -OCH3 is 1. The Labute approximate surface area is 204 Å². The largest absolute Gasteiger partial charge is 0.480 e. The molecule has 2 fully saturated rings. The van der Waals surface area contributed by atoms with Crippen molar-refractivity contribution < 1.29 is 29.0 Å². The molecule has 2 amide bonds. The van der Waals surface area contributed by atoms with E-state index >= 15 is 0 Å². The van der Waals surface area contributed by atoms with Gasteiger partial charge in [0, 0.05) is 19.6 Å². The second-order valence-electron chi connectivity index (χ2n) is 9.56. The van der Waals surface area contributed by atoms with Gasteiger partial charge in [0.15, 0.2) is 6.10 Å². The Morgan fingerprint density at radius 3 is 2.34 bits per heavy atom. The summed E-state index contributed by atoms with van der Waals surface area (Å²) >= 11 is 0. The molecule has 3 aliphatic rings. The summed E-state index contributed by atoms with van der Waals surface area (Å²) < 4.78 is 10.9. The van der Waals surface area contributed by atoms with Gasteiger partial charge < -0.3 is 24.8 Å². The Hall–Kier alpha value is -3.39. The molecule has 1 aliphatic heterocycles. The Balaban J connectivity index is 1.19. The molecule has 2 aromatic carbocycles. The molecule has 2 aromatic rings. The predicted octanol–water partition coefficient (Wildman–Crippen LogP) is 3.25. The van der Waals surface area contributed by atoms with Gasteiger partial charge in [0.1, 0.15) is 12.6 Å². The summed E-state index contributed by atoms with van der Waals surface area (Å²) in [7, 11) is 1.38. The number of carboxylic acids is 1. The first kappa shape index (κ1) is 23.4. The summed E-state index contributed by atoms with van der Waals surface area (Å²) in [6.45, 7) is 0.497. The number of likely N-dealkylation sites (tertiary alicyclic amines) is 1. The Morgan fingerprint density at radius 1 is 1.06 bits per heavy atom. The van der Waals surface area contributed by atoms with Crippen LogP contribution >= 0.6 is 0 Å². The summed E-state index contributed by atoms with van der Waals surface area (Å²) in [5, 5.41) is 12.4. The molecule has 0 aromatic heterocycles. The fourth-order valence-corrected chi connectivity index (χ4v) is 6.13. The minimum absolute atomic E-state index is 0.0101. The number of alkyl carbamates (subject to hydrolysis) is 1. The maximum absolute atomic E-state index is 13.1. The smallest absolute Gasteiger partial charge is 0.407 e. The molecular weight excluding hydrogens is 448 g/mol. The molecular formula is C27H30N2O6. The molecule has 1 heterocycles. The van der Waals surface area contributed by atoms with E-state index in [0.717, 1.165) is 41.5 Å². The fraction of sp³-hybridized carbons (Fsp3) is 0.444. The Bertz CT molecular complexity index is 1090. The zero-order valence-electron chi connectivity index (χ0n) is 19.7. The van der Waals surface area contributed by atoms with E-state index in [1.807, 2.05) is 36.4 Å². The maximum atomic E-state index is 13.1. The van der Waals surface area contributed by atoms with Gasteiger partial charge >= 0.3 is 12.1 Å². The zero-order valence-corrected chi connectivity index (χ0v) is 19.7. The van der Waals surface area contributed by atoms with E-state index in [-0.39, 0.29) is 30.9 Å². The highest BCUT2D eigenvalue weighted by atomic mass is 16.5. The van der Waals surface area contributed by atoms with Crippen LogP contribution in [0.4, 0.5) is 4.79 Å². The van der Waals surface area contributed by atoms with Gasteiger partial charge in [-0.05, 0) is 46.9 Å². The van der Waals surface area contributed by atoms with Gasteiger partial charge in [0.2, 0.25) is 0 Å². The number of aliphatic carboxylic acids is 1. The van der Waals surface area contributed by atoms with Gasteiger partial charge in [-0.1, -0.05) is 55.0 Å². The van der Waals surface area contributed by atoms with Gasteiger partial charge in [-0.25, -0.2) is 9.59 Å². The first-order valence-electron chi connectivity index (χ1n) is 12.1. The van der Waals surface area contributed by atoms with Crippen LogP contribution in [0.2, 0.25) is 0 Å². The van der Waals surface area contributed by atoms with Gasteiger partial charge in [-0.2, -0.15) is 0 Å². The third-order valence-electron chi connectivity index (χ3n) is 7.76. The van der Waals surface area contributed by atoms with Gasteiger partial charge in [-0.3, -0.25) is 4.79 Å². The third-order valence-corrected chi connectivity index (χ3v) is 7.76. The number of nitrogens with one attached hydrogen (secondary N) is 1. The highest BCUT2D eigenvalue weighted by Crippen LogP contribution is 2.45. The van der Waals surface area contributed by atoms with E-state index in [2.05, 4.69) is 17.4 Å². The molecule has 1 saturated carbocycles. The number of hydrogen-bond acceptors (Lipinski definition) is 5. The van der Waals surface area contributed by atoms with Gasteiger partial charge in [0.25, 0.3) is 5.91 Å². The minimum Gasteiger partial charge on any atom is -0.480 e. The number of rotatable bonds is 7. The first-order valence-corrected chi connectivity index (χ1v) is 12.1. The van der Waals surface area contributed by atoms with E-state index in [1.54, 1.807) is 0 Å². The van der Waals surface area contributed by atoms with E-state index in [9.17, 15) is 19.5 Å². The van der Waals surface area contributed by atoms with Crippen LogP contribution in [-0.2, 0) is 19.1 Å². The highest BCUT2D eigenvalue weighted by Gasteiger charge is 2.50. The summed E-state index contributed by atoms with van der Waals surface area (Å²) in [4.78, 5) is 39.0. The average molecular weight is 479 g/mol. The normalized spacial score (nSPS) is 23.3. The van der Waals surface area contributed by atoms with Crippen molar-refractivity contribution in [1.29, 1.82) is 0 Å². The van der Waals surface area contributed by atoms with Gasteiger partial charge in [-0.15, -0.1) is 0 Å². The molecule has 4 unspecified atom stereocenters. The zero-order chi connectivity index (χ0) is 24.5. The second-order valence-corrected chi connectivity index (χ2v) is 9.56. The van der Waals surface area contributed by atoms with Crippen molar-refractivity contribution in [2.75, 3.05) is 26.8 Å². The van der Waals surface area contributed by atoms with Crippen LogP contribution < -0.4 is 5.32 Å². The Morgan fingerprint density at radius 2 is 1.71 bits per heavy atom. The van der Waals surface area contributed by atoms with Crippen LogP contribution in [0.1, 0.15) is 36.3 Å². The maximum Gasteiger partial charge on any atom is 0.407 e. The molecule has 4 atom stereocenters. The summed E-state index contributed by atoms with van der Waals surface area (Å²) in [6, 6.07) is 15.3. The molecule has 184 valence electrons. The Kier molecular flexibility index (Phi) is 6.47. The van der Waals surface area contributed by atoms with Crippen LogP contribution in [0.25, 0.3) is 11.1 Å². The van der Waals surface area contributed by atoms with Crippen LogP contribution in [0.15, 0.2) is 48.5 Å². The quantitative estimate of drug-likeness (QED) is 0.633. The lowest BCUT2D eigenvalue weighted by Gasteiger charge is -2.28. The lowest BCUT2D eigenvalue weighted by molar-refractivity contribution is -0.154. The van der Waals surface area contributed by atoms with Crippen molar-refractivity contribution in [3.63, 3.8) is 0 Å². The number of carbonyl (C=O) groups excluding carboxylic acids is 2. The molecule has 35 heavy (non-hydrogen) atoms. The molecule has 0 bridgehead atoms.